The van der Waals surface area contributed by atoms with Crippen molar-refractivity contribution in [3.8, 4) is 0 Å². The van der Waals surface area contributed by atoms with Crippen molar-refractivity contribution in [1.82, 2.24) is 10.3 Å². The van der Waals surface area contributed by atoms with Crippen molar-refractivity contribution in [2.24, 2.45) is 5.92 Å². The van der Waals surface area contributed by atoms with Gasteiger partial charge in [0.1, 0.15) is 6.61 Å². The van der Waals surface area contributed by atoms with Crippen molar-refractivity contribution in [3.63, 3.8) is 0 Å². The second-order valence-corrected chi connectivity index (χ2v) is 5.74. The van der Waals surface area contributed by atoms with E-state index in [1.54, 1.807) is 19.2 Å². The van der Waals surface area contributed by atoms with Crippen molar-refractivity contribution in [2.45, 2.75) is 44.9 Å². The van der Waals surface area contributed by atoms with Gasteiger partial charge in [-0.3, -0.25) is 4.79 Å². The van der Waals surface area contributed by atoms with Crippen LogP contribution in [0.15, 0.2) is 12.3 Å². The third-order valence-electron chi connectivity index (χ3n) is 4.02. The average molecular weight is 318 g/mol. The SMILES string of the molecule is Cc1[nH]ccc1C(=O)NC[C@@H]1CCCC[C@@H]1OCC(F)(F)F. The Balaban J connectivity index is 1.86. The highest BCUT2D eigenvalue weighted by Gasteiger charge is 2.33. The molecule has 1 aromatic rings. The molecule has 1 aromatic heterocycles. The number of aromatic amines is 1. The third-order valence-corrected chi connectivity index (χ3v) is 4.02. The maximum atomic E-state index is 12.3. The van der Waals surface area contributed by atoms with Gasteiger partial charge in [0.25, 0.3) is 5.91 Å². The van der Waals surface area contributed by atoms with Crippen LogP contribution in [0.3, 0.4) is 0 Å². The minimum Gasteiger partial charge on any atom is -0.368 e. The first-order valence-electron chi connectivity index (χ1n) is 7.47. The number of hydrogen-bond acceptors (Lipinski definition) is 2. The Bertz CT molecular complexity index is 499. The van der Waals surface area contributed by atoms with E-state index in [0.29, 0.717) is 18.5 Å². The van der Waals surface area contributed by atoms with Crippen molar-refractivity contribution in [2.75, 3.05) is 13.2 Å². The van der Waals surface area contributed by atoms with Crippen LogP contribution in [0.4, 0.5) is 13.2 Å². The lowest BCUT2D eigenvalue weighted by Gasteiger charge is -2.31. The summed E-state index contributed by atoms with van der Waals surface area (Å²) < 4.78 is 41.9. The molecule has 4 nitrogen and oxygen atoms in total. The maximum Gasteiger partial charge on any atom is 0.411 e. The normalized spacial score (nSPS) is 22.5. The minimum absolute atomic E-state index is 0.0701. The monoisotopic (exact) mass is 318 g/mol. The average Bonchev–Trinajstić information content (AvgIpc) is 2.89. The fourth-order valence-corrected chi connectivity index (χ4v) is 2.85. The van der Waals surface area contributed by atoms with E-state index in [2.05, 4.69) is 10.3 Å². The lowest BCUT2D eigenvalue weighted by atomic mass is 9.86. The Morgan fingerprint density at radius 1 is 1.41 bits per heavy atom. The lowest BCUT2D eigenvalue weighted by molar-refractivity contribution is -0.193. The van der Waals surface area contributed by atoms with Gasteiger partial charge < -0.3 is 15.0 Å². The summed E-state index contributed by atoms with van der Waals surface area (Å²) in [4.78, 5) is 15.0. The molecule has 1 heterocycles. The molecule has 0 saturated heterocycles. The van der Waals surface area contributed by atoms with E-state index in [1.165, 1.54) is 0 Å². The van der Waals surface area contributed by atoms with E-state index >= 15 is 0 Å². The van der Waals surface area contributed by atoms with Gasteiger partial charge in [-0.25, -0.2) is 0 Å². The number of amides is 1. The fraction of sp³-hybridized carbons (Fsp3) is 0.667. The summed E-state index contributed by atoms with van der Waals surface area (Å²) in [5.74, 6) is -0.279. The summed E-state index contributed by atoms with van der Waals surface area (Å²) in [6.07, 6.45) is 0.130. The van der Waals surface area contributed by atoms with Crippen LogP contribution in [0, 0.1) is 12.8 Å². The van der Waals surface area contributed by atoms with Crippen LogP contribution in [0.1, 0.15) is 41.7 Å². The van der Waals surface area contributed by atoms with Crippen LogP contribution >= 0.6 is 0 Å². The van der Waals surface area contributed by atoms with Gasteiger partial charge in [0, 0.05) is 24.4 Å². The number of hydrogen-bond donors (Lipinski definition) is 2. The predicted molar refractivity (Wildman–Crippen MR) is 75.6 cm³/mol. The van der Waals surface area contributed by atoms with Gasteiger partial charge in [-0.2, -0.15) is 13.2 Å². The molecule has 22 heavy (non-hydrogen) atoms. The van der Waals surface area contributed by atoms with E-state index in [4.69, 9.17) is 4.74 Å². The Morgan fingerprint density at radius 3 is 2.77 bits per heavy atom. The number of alkyl halides is 3. The molecule has 0 spiro atoms. The van der Waals surface area contributed by atoms with Gasteiger partial charge in [-0.15, -0.1) is 0 Å². The highest BCUT2D eigenvalue weighted by molar-refractivity contribution is 5.95. The number of carbonyl (C=O) groups is 1. The number of nitrogens with one attached hydrogen (secondary N) is 2. The predicted octanol–water partition coefficient (Wildman–Crippen LogP) is 3.19. The minimum atomic E-state index is -4.31. The molecule has 2 atom stereocenters. The molecule has 0 radical (unpaired) electrons. The molecule has 1 aliphatic rings. The summed E-state index contributed by atoms with van der Waals surface area (Å²) in [5.41, 5.74) is 1.33. The van der Waals surface area contributed by atoms with E-state index < -0.39 is 18.9 Å². The first-order chi connectivity index (χ1) is 10.4. The summed E-state index contributed by atoms with van der Waals surface area (Å²) in [7, 11) is 0. The summed E-state index contributed by atoms with van der Waals surface area (Å²) in [5, 5.41) is 2.80. The number of aryl methyl sites for hydroxylation is 1. The third kappa shape index (κ3) is 4.76. The smallest absolute Gasteiger partial charge is 0.368 e. The van der Waals surface area contributed by atoms with Crippen LogP contribution < -0.4 is 5.32 Å². The first-order valence-corrected chi connectivity index (χ1v) is 7.47. The molecular formula is C15H21F3N2O2. The molecule has 0 aromatic carbocycles. The van der Waals surface area contributed by atoms with Crippen LogP contribution in [0.25, 0.3) is 0 Å². The van der Waals surface area contributed by atoms with E-state index in [0.717, 1.165) is 25.0 Å². The van der Waals surface area contributed by atoms with Crippen molar-refractivity contribution in [3.05, 3.63) is 23.5 Å². The molecule has 0 aliphatic heterocycles. The topological polar surface area (TPSA) is 54.1 Å². The summed E-state index contributed by atoms with van der Waals surface area (Å²) in [6.45, 7) is 0.912. The summed E-state index contributed by atoms with van der Waals surface area (Å²) in [6, 6.07) is 1.68. The molecular weight excluding hydrogens is 297 g/mol. The number of halogens is 3. The van der Waals surface area contributed by atoms with Crippen LogP contribution in [0.5, 0.6) is 0 Å². The lowest BCUT2D eigenvalue weighted by Crippen LogP contribution is -2.39. The second-order valence-electron chi connectivity index (χ2n) is 5.74. The van der Waals surface area contributed by atoms with Crippen molar-refractivity contribution >= 4 is 5.91 Å². The fourth-order valence-electron chi connectivity index (χ4n) is 2.85. The van der Waals surface area contributed by atoms with Gasteiger partial charge in [0.05, 0.1) is 11.7 Å². The largest absolute Gasteiger partial charge is 0.411 e. The highest BCUT2D eigenvalue weighted by Crippen LogP contribution is 2.28. The molecule has 7 heteroatoms. The molecule has 1 amide bonds. The zero-order valence-electron chi connectivity index (χ0n) is 12.5. The van der Waals surface area contributed by atoms with Crippen molar-refractivity contribution in [1.29, 1.82) is 0 Å². The van der Waals surface area contributed by atoms with E-state index in [9.17, 15) is 18.0 Å². The van der Waals surface area contributed by atoms with Gasteiger partial charge in [-0.05, 0) is 25.8 Å². The van der Waals surface area contributed by atoms with Gasteiger partial charge in [0.2, 0.25) is 0 Å². The Kier molecular flexibility index (Phi) is 5.50. The molecule has 124 valence electrons. The Hall–Kier alpha value is -1.50. The van der Waals surface area contributed by atoms with Crippen molar-refractivity contribution < 1.29 is 22.7 Å². The number of rotatable bonds is 5. The molecule has 0 unspecified atom stereocenters. The first kappa shape index (κ1) is 16.9. The van der Waals surface area contributed by atoms with Gasteiger partial charge >= 0.3 is 6.18 Å². The second kappa shape index (κ2) is 7.17. The highest BCUT2D eigenvalue weighted by atomic mass is 19.4. The van der Waals surface area contributed by atoms with E-state index in [1.807, 2.05) is 0 Å². The maximum absolute atomic E-state index is 12.3. The molecule has 1 saturated carbocycles. The number of carbonyl (C=O) groups excluding carboxylic acids is 1. The van der Waals surface area contributed by atoms with Crippen LogP contribution in [-0.2, 0) is 4.74 Å². The zero-order valence-corrected chi connectivity index (χ0v) is 12.5. The number of aromatic nitrogens is 1. The van der Waals surface area contributed by atoms with Crippen LogP contribution in [-0.4, -0.2) is 36.3 Å². The molecule has 1 fully saturated rings. The van der Waals surface area contributed by atoms with E-state index in [-0.39, 0.29) is 11.8 Å². The standard InChI is InChI=1S/C15H21F3N2O2/c1-10-12(6-7-19-10)14(21)20-8-11-4-2-3-5-13(11)22-9-15(16,17)18/h6-7,11,13,19H,2-5,8-9H2,1H3,(H,20,21)/t11-,13-/m0/s1. The molecule has 2 rings (SSSR count). The van der Waals surface area contributed by atoms with Gasteiger partial charge in [0.15, 0.2) is 0 Å². The molecule has 1 aliphatic carbocycles. The molecule has 2 N–H and O–H groups in total. The van der Waals surface area contributed by atoms with Gasteiger partial charge in [-0.1, -0.05) is 12.8 Å². The van der Waals surface area contributed by atoms with Crippen LogP contribution in [0.2, 0.25) is 0 Å². The Labute approximate surface area is 127 Å². The zero-order chi connectivity index (χ0) is 16.2. The summed E-state index contributed by atoms with van der Waals surface area (Å²) >= 11 is 0. The Morgan fingerprint density at radius 2 is 2.14 bits per heavy atom. The molecule has 0 bridgehead atoms. The quantitative estimate of drug-likeness (QED) is 0.876. The number of H-pyrrole nitrogens is 1. The number of ether oxygens (including phenoxy) is 1.